The number of hydrogen-bond donors (Lipinski definition) is 1. The fourth-order valence-electron chi connectivity index (χ4n) is 4.43. The molecule has 2 aliphatic rings. The van der Waals surface area contributed by atoms with E-state index in [9.17, 15) is 5.11 Å². The predicted molar refractivity (Wildman–Crippen MR) is 102 cm³/mol. The molecule has 0 bridgehead atoms. The molecular formula is C21H34N2O2. The lowest BCUT2D eigenvalue weighted by Gasteiger charge is -2.37. The molecule has 1 aromatic carbocycles. The minimum Gasteiger partial charge on any atom is -0.392 e. The maximum Gasteiger partial charge on any atom is 0.0681 e. The van der Waals surface area contributed by atoms with E-state index in [4.69, 9.17) is 4.74 Å². The highest BCUT2D eigenvalue weighted by molar-refractivity contribution is 5.23. The molecule has 2 fully saturated rings. The minimum absolute atomic E-state index is 0.139. The van der Waals surface area contributed by atoms with Gasteiger partial charge in [0.25, 0.3) is 0 Å². The van der Waals surface area contributed by atoms with Crippen LogP contribution in [0.15, 0.2) is 24.3 Å². The Morgan fingerprint density at radius 3 is 2.56 bits per heavy atom. The lowest BCUT2D eigenvalue weighted by molar-refractivity contribution is 0.0162. The molecule has 2 aliphatic heterocycles. The highest BCUT2D eigenvalue weighted by atomic mass is 16.5. The predicted octanol–water partition coefficient (Wildman–Crippen LogP) is 2.40. The summed E-state index contributed by atoms with van der Waals surface area (Å²) < 4.78 is 5.47. The van der Waals surface area contributed by atoms with Crippen molar-refractivity contribution in [3.8, 4) is 0 Å². The zero-order valence-corrected chi connectivity index (χ0v) is 15.9. The molecule has 1 N–H and O–H groups in total. The molecule has 25 heavy (non-hydrogen) atoms. The quantitative estimate of drug-likeness (QED) is 0.822. The maximum absolute atomic E-state index is 9.31. The first-order chi connectivity index (χ1) is 12.0. The Bertz CT molecular complexity index is 540. The number of hydrogen-bond acceptors (Lipinski definition) is 4. The third-order valence-electron chi connectivity index (χ3n) is 5.48. The molecule has 4 heteroatoms. The molecule has 1 aromatic rings. The molecule has 0 aliphatic carbocycles. The summed E-state index contributed by atoms with van der Waals surface area (Å²) in [5.41, 5.74) is 2.72. The zero-order chi connectivity index (χ0) is 17.7. The third-order valence-corrected chi connectivity index (χ3v) is 5.48. The summed E-state index contributed by atoms with van der Waals surface area (Å²) in [4.78, 5) is 5.21. The number of aliphatic hydroxyl groups is 1. The zero-order valence-electron chi connectivity index (χ0n) is 15.9. The van der Waals surface area contributed by atoms with E-state index < -0.39 is 0 Å². The van der Waals surface area contributed by atoms with Gasteiger partial charge in [-0.25, -0.2) is 0 Å². The van der Waals surface area contributed by atoms with Gasteiger partial charge in [0, 0.05) is 32.7 Å². The Hall–Kier alpha value is -0.940. The van der Waals surface area contributed by atoms with Crippen LogP contribution >= 0.6 is 0 Å². The van der Waals surface area contributed by atoms with Crippen molar-refractivity contribution in [1.82, 2.24) is 9.80 Å². The van der Waals surface area contributed by atoms with Crippen molar-refractivity contribution in [2.24, 2.45) is 11.3 Å². The Morgan fingerprint density at radius 1 is 1.08 bits per heavy atom. The van der Waals surface area contributed by atoms with Crippen LogP contribution in [0.25, 0.3) is 0 Å². The van der Waals surface area contributed by atoms with Crippen LogP contribution in [0.1, 0.15) is 31.4 Å². The van der Waals surface area contributed by atoms with Crippen LogP contribution in [0.5, 0.6) is 0 Å². The molecular weight excluding hydrogens is 312 g/mol. The fraction of sp³-hybridized carbons (Fsp3) is 0.714. The average Bonchev–Trinajstić information content (AvgIpc) is 3.01. The summed E-state index contributed by atoms with van der Waals surface area (Å²) >= 11 is 0. The van der Waals surface area contributed by atoms with E-state index in [2.05, 4.69) is 41.8 Å². The lowest BCUT2D eigenvalue weighted by atomic mass is 9.91. The number of likely N-dealkylation sites (tertiary alicyclic amines) is 1. The van der Waals surface area contributed by atoms with Crippen LogP contribution in [0.2, 0.25) is 0 Å². The molecule has 140 valence electrons. The number of benzene rings is 1. The van der Waals surface area contributed by atoms with Crippen LogP contribution in [-0.2, 0) is 17.8 Å². The number of aliphatic hydroxyl groups excluding tert-OH is 1. The summed E-state index contributed by atoms with van der Waals surface area (Å²) in [6, 6.07) is 8.42. The van der Waals surface area contributed by atoms with Gasteiger partial charge in [0.1, 0.15) is 0 Å². The van der Waals surface area contributed by atoms with E-state index in [1.807, 2.05) is 6.07 Å². The second-order valence-electron chi connectivity index (χ2n) is 8.62. The van der Waals surface area contributed by atoms with Gasteiger partial charge in [-0.1, -0.05) is 38.1 Å². The van der Waals surface area contributed by atoms with Crippen LogP contribution in [-0.4, -0.2) is 67.4 Å². The van der Waals surface area contributed by atoms with Crippen LogP contribution in [0.3, 0.4) is 0 Å². The van der Waals surface area contributed by atoms with E-state index in [0.717, 1.165) is 50.8 Å². The van der Waals surface area contributed by atoms with E-state index in [1.54, 1.807) is 0 Å². The first-order valence-corrected chi connectivity index (χ1v) is 9.75. The van der Waals surface area contributed by atoms with Gasteiger partial charge >= 0.3 is 0 Å². The minimum atomic E-state index is 0.139. The van der Waals surface area contributed by atoms with E-state index in [-0.39, 0.29) is 6.61 Å². The van der Waals surface area contributed by atoms with Crippen molar-refractivity contribution < 1.29 is 9.84 Å². The largest absolute Gasteiger partial charge is 0.392 e. The van der Waals surface area contributed by atoms with Crippen LogP contribution < -0.4 is 0 Å². The summed E-state index contributed by atoms with van der Waals surface area (Å²) in [5, 5.41) is 9.31. The Labute approximate surface area is 152 Å². The van der Waals surface area contributed by atoms with Crippen molar-refractivity contribution in [1.29, 1.82) is 0 Å². The normalized spacial score (nSPS) is 23.2. The number of nitrogens with zero attached hydrogens (tertiary/aromatic N) is 2. The highest BCUT2D eigenvalue weighted by Crippen LogP contribution is 2.26. The van der Waals surface area contributed by atoms with Crippen molar-refractivity contribution in [2.45, 2.75) is 33.3 Å². The molecule has 0 amide bonds. The van der Waals surface area contributed by atoms with E-state index >= 15 is 0 Å². The van der Waals surface area contributed by atoms with E-state index in [0.29, 0.717) is 5.41 Å². The summed E-state index contributed by atoms with van der Waals surface area (Å²) in [5.74, 6) is 0.744. The second-order valence-corrected chi connectivity index (χ2v) is 8.62. The van der Waals surface area contributed by atoms with Gasteiger partial charge in [-0.15, -0.1) is 0 Å². The smallest absolute Gasteiger partial charge is 0.0681 e. The van der Waals surface area contributed by atoms with Gasteiger partial charge in [-0.05, 0) is 41.8 Å². The molecule has 0 radical (unpaired) electrons. The van der Waals surface area contributed by atoms with Gasteiger partial charge in [-0.2, -0.15) is 0 Å². The fourth-order valence-corrected chi connectivity index (χ4v) is 4.43. The topological polar surface area (TPSA) is 35.9 Å². The summed E-state index contributed by atoms with van der Waals surface area (Å²) in [6.45, 7) is 13.6. The molecule has 2 saturated heterocycles. The van der Waals surface area contributed by atoms with Crippen molar-refractivity contribution in [3.63, 3.8) is 0 Å². The first kappa shape index (κ1) is 18.8. The number of rotatable bonds is 7. The van der Waals surface area contributed by atoms with E-state index in [1.165, 1.54) is 31.6 Å². The lowest BCUT2D eigenvalue weighted by Crippen LogP contribution is -2.45. The molecule has 4 nitrogen and oxygen atoms in total. The number of morpholine rings is 1. The molecule has 1 atom stereocenters. The molecule has 0 spiro atoms. The number of ether oxygens (including phenoxy) is 1. The maximum atomic E-state index is 9.31. The summed E-state index contributed by atoms with van der Waals surface area (Å²) in [7, 11) is 0. The SMILES string of the molecule is CC(C)(CN1CCOCC1)CN1CC[C@H](Cc2cccc(CO)c2)C1. The van der Waals surface area contributed by atoms with Crippen molar-refractivity contribution in [3.05, 3.63) is 35.4 Å². The van der Waals surface area contributed by atoms with Crippen molar-refractivity contribution in [2.75, 3.05) is 52.5 Å². The Balaban J connectivity index is 1.46. The molecule has 2 heterocycles. The van der Waals surface area contributed by atoms with Crippen molar-refractivity contribution >= 4 is 0 Å². The molecule has 0 aromatic heterocycles. The van der Waals surface area contributed by atoms with Gasteiger partial charge < -0.3 is 14.7 Å². The molecule has 0 saturated carbocycles. The highest BCUT2D eigenvalue weighted by Gasteiger charge is 2.30. The Kier molecular flexibility index (Phi) is 6.50. The van der Waals surface area contributed by atoms with Gasteiger partial charge in [0.15, 0.2) is 0 Å². The summed E-state index contributed by atoms with van der Waals surface area (Å²) in [6.07, 6.45) is 2.42. The van der Waals surface area contributed by atoms with Crippen LogP contribution in [0, 0.1) is 11.3 Å². The standard InChI is InChI=1S/C21H34N2O2/c1-21(2,16-22-8-10-25-11-9-22)17-23-7-6-19(14-23)12-18-4-3-5-20(13-18)15-24/h3-5,13,19,24H,6-12,14-17H2,1-2H3/t19-/m1/s1. The van der Waals surface area contributed by atoms with Gasteiger partial charge in [0.2, 0.25) is 0 Å². The monoisotopic (exact) mass is 346 g/mol. The average molecular weight is 347 g/mol. The second kappa shape index (κ2) is 8.63. The third kappa shape index (κ3) is 5.78. The Morgan fingerprint density at radius 2 is 1.80 bits per heavy atom. The van der Waals surface area contributed by atoms with Crippen LogP contribution in [0.4, 0.5) is 0 Å². The molecule has 0 unspecified atom stereocenters. The molecule has 3 rings (SSSR count). The first-order valence-electron chi connectivity index (χ1n) is 9.75. The van der Waals surface area contributed by atoms with Gasteiger partial charge in [-0.3, -0.25) is 4.90 Å². The van der Waals surface area contributed by atoms with Gasteiger partial charge in [0.05, 0.1) is 19.8 Å².